The Morgan fingerprint density at radius 3 is 2.24 bits per heavy atom. The van der Waals surface area contributed by atoms with Crippen LogP contribution in [0.5, 0.6) is 0 Å². The second-order valence-electron chi connectivity index (χ2n) is 5.04. The zero-order valence-electron chi connectivity index (χ0n) is 9.33. The molecule has 4 atom stereocenters. The maximum Gasteiger partial charge on any atom is 0.233 e. The van der Waals surface area contributed by atoms with Crippen LogP contribution in [0.4, 0.5) is 0 Å². The van der Waals surface area contributed by atoms with Crippen molar-refractivity contribution in [1.82, 2.24) is 4.90 Å². The number of likely N-dealkylation sites (tertiary alicyclic amines) is 1. The van der Waals surface area contributed by atoms with Crippen molar-refractivity contribution in [2.75, 3.05) is 6.54 Å². The summed E-state index contributed by atoms with van der Waals surface area (Å²) in [5.41, 5.74) is 5.04. The van der Waals surface area contributed by atoms with Gasteiger partial charge < -0.3 is 5.73 Å². The first-order valence-electron chi connectivity index (χ1n) is 5.91. The summed E-state index contributed by atoms with van der Waals surface area (Å²) >= 11 is 0. The van der Waals surface area contributed by atoms with E-state index in [2.05, 4.69) is 12.2 Å². The van der Waals surface area contributed by atoms with Gasteiger partial charge in [0.1, 0.15) is 0 Å². The van der Waals surface area contributed by atoms with Crippen LogP contribution in [0.2, 0.25) is 0 Å². The lowest BCUT2D eigenvalue weighted by molar-refractivity contribution is -0.140. The highest BCUT2D eigenvalue weighted by molar-refractivity contribution is 6.06. The Morgan fingerprint density at radius 2 is 1.76 bits per heavy atom. The van der Waals surface area contributed by atoms with Crippen molar-refractivity contribution in [3.63, 3.8) is 0 Å². The second-order valence-corrected chi connectivity index (χ2v) is 5.04. The van der Waals surface area contributed by atoms with Gasteiger partial charge >= 0.3 is 0 Å². The molecule has 17 heavy (non-hydrogen) atoms. The number of rotatable bonds is 3. The van der Waals surface area contributed by atoms with E-state index < -0.39 is 5.91 Å². The topological polar surface area (TPSA) is 80.5 Å². The van der Waals surface area contributed by atoms with Crippen molar-refractivity contribution in [2.24, 2.45) is 29.4 Å². The van der Waals surface area contributed by atoms with Crippen molar-refractivity contribution in [3.8, 4) is 0 Å². The summed E-state index contributed by atoms with van der Waals surface area (Å²) in [5.74, 6) is -0.615. The van der Waals surface area contributed by atoms with Gasteiger partial charge in [0.25, 0.3) is 0 Å². The van der Waals surface area contributed by atoms with Crippen LogP contribution in [-0.2, 0) is 14.4 Å². The van der Waals surface area contributed by atoms with Crippen molar-refractivity contribution in [3.05, 3.63) is 12.2 Å². The summed E-state index contributed by atoms with van der Waals surface area (Å²) in [6.07, 6.45) is 5.08. The van der Waals surface area contributed by atoms with Gasteiger partial charge in [0.15, 0.2) is 0 Å². The molecule has 0 unspecified atom stereocenters. The number of hydrogen-bond donors (Lipinski definition) is 1. The number of nitrogens with zero attached hydrogens (tertiary/aromatic N) is 1. The molecule has 5 heteroatoms. The number of allylic oxidation sites excluding steroid dienone is 2. The SMILES string of the molecule is NC(=O)CCN1C(=O)[C@@H]2[C@H](C1=O)[C@H]1C=C[C@@H]2C1. The minimum Gasteiger partial charge on any atom is -0.370 e. The lowest BCUT2D eigenvalue weighted by Crippen LogP contribution is -2.35. The van der Waals surface area contributed by atoms with Gasteiger partial charge in [-0.2, -0.15) is 0 Å². The largest absolute Gasteiger partial charge is 0.370 e. The summed E-state index contributed by atoms with van der Waals surface area (Å²) in [6.45, 7) is 0.138. The van der Waals surface area contributed by atoms with Gasteiger partial charge in [-0.05, 0) is 18.3 Å². The molecule has 90 valence electrons. The van der Waals surface area contributed by atoms with E-state index >= 15 is 0 Å². The Balaban J connectivity index is 1.80. The summed E-state index contributed by atoms with van der Waals surface area (Å²) in [5, 5.41) is 0. The van der Waals surface area contributed by atoms with Gasteiger partial charge in [-0.1, -0.05) is 12.2 Å². The van der Waals surface area contributed by atoms with Gasteiger partial charge in [-0.25, -0.2) is 0 Å². The molecule has 2 N–H and O–H groups in total. The average molecular weight is 234 g/mol. The van der Waals surface area contributed by atoms with Crippen LogP contribution in [-0.4, -0.2) is 29.2 Å². The number of carbonyl (C=O) groups excluding carboxylic acids is 3. The Morgan fingerprint density at radius 1 is 1.24 bits per heavy atom. The predicted molar refractivity (Wildman–Crippen MR) is 58.2 cm³/mol. The van der Waals surface area contributed by atoms with E-state index in [1.807, 2.05) is 0 Å². The van der Waals surface area contributed by atoms with E-state index in [0.29, 0.717) is 0 Å². The molecule has 3 rings (SSSR count). The standard InChI is InChI=1S/C12H14N2O3/c13-8(15)3-4-14-11(16)9-6-1-2-7(5-6)10(9)12(14)17/h1-2,6-7,9-10H,3-5H2,(H2,13,15)/t6-,7+,9+,10-. The molecule has 2 bridgehead atoms. The first kappa shape index (κ1) is 10.5. The lowest BCUT2D eigenvalue weighted by atomic mass is 9.85. The van der Waals surface area contributed by atoms with Crippen LogP contribution in [0.15, 0.2) is 12.2 Å². The average Bonchev–Trinajstić information content (AvgIpc) is 2.92. The molecule has 0 aromatic rings. The number of primary amides is 1. The summed E-state index contributed by atoms with van der Waals surface area (Å²) < 4.78 is 0. The fourth-order valence-electron chi connectivity index (χ4n) is 3.41. The van der Waals surface area contributed by atoms with Crippen LogP contribution < -0.4 is 5.73 Å². The zero-order chi connectivity index (χ0) is 12.2. The second kappa shape index (κ2) is 3.42. The van der Waals surface area contributed by atoms with Crippen LogP contribution in [0.25, 0.3) is 0 Å². The van der Waals surface area contributed by atoms with Gasteiger partial charge in [-0.3, -0.25) is 19.3 Å². The Hall–Kier alpha value is -1.65. The molecule has 1 saturated heterocycles. The third-order valence-corrected chi connectivity index (χ3v) is 4.14. The van der Waals surface area contributed by atoms with Gasteiger partial charge in [0.05, 0.1) is 11.8 Å². The molecule has 3 aliphatic rings. The number of hydrogen-bond acceptors (Lipinski definition) is 3. The molecule has 1 heterocycles. The van der Waals surface area contributed by atoms with Crippen LogP contribution in [0, 0.1) is 23.7 Å². The highest BCUT2D eigenvalue weighted by Crippen LogP contribution is 2.52. The zero-order valence-corrected chi connectivity index (χ0v) is 9.33. The first-order chi connectivity index (χ1) is 8.09. The number of nitrogens with two attached hydrogens (primary N) is 1. The first-order valence-corrected chi connectivity index (χ1v) is 5.91. The molecule has 0 spiro atoms. The van der Waals surface area contributed by atoms with Crippen molar-refractivity contribution in [1.29, 1.82) is 0 Å². The molecule has 1 aliphatic heterocycles. The lowest BCUT2D eigenvalue weighted by Gasteiger charge is -2.15. The minimum atomic E-state index is -0.483. The van der Waals surface area contributed by atoms with E-state index in [9.17, 15) is 14.4 Å². The molecule has 0 aromatic carbocycles. The summed E-state index contributed by atoms with van der Waals surface area (Å²) in [4.78, 5) is 36.2. The fourth-order valence-corrected chi connectivity index (χ4v) is 3.41. The molecule has 3 amide bonds. The maximum atomic E-state index is 12.1. The number of fused-ring (bicyclic) bond motifs is 5. The highest BCUT2D eigenvalue weighted by atomic mass is 16.2. The summed E-state index contributed by atoms with van der Waals surface area (Å²) in [7, 11) is 0. The minimum absolute atomic E-state index is 0.0552. The monoisotopic (exact) mass is 234 g/mol. The van der Waals surface area contributed by atoms with Gasteiger partial charge in [0, 0.05) is 13.0 Å². The van der Waals surface area contributed by atoms with Gasteiger partial charge in [0.2, 0.25) is 17.7 Å². The molecular weight excluding hydrogens is 220 g/mol. The molecule has 1 saturated carbocycles. The number of carbonyl (C=O) groups is 3. The predicted octanol–water partition coefficient (Wildman–Crippen LogP) is -0.331. The third-order valence-electron chi connectivity index (χ3n) is 4.14. The highest BCUT2D eigenvalue weighted by Gasteiger charge is 2.58. The Kier molecular flexibility index (Phi) is 2.11. The normalized spacial score (nSPS) is 38.0. The van der Waals surface area contributed by atoms with E-state index in [-0.39, 0.29) is 48.5 Å². The summed E-state index contributed by atoms with van der Waals surface area (Å²) in [6, 6.07) is 0. The quantitative estimate of drug-likeness (QED) is 0.536. The van der Waals surface area contributed by atoms with Crippen LogP contribution in [0.1, 0.15) is 12.8 Å². The number of amides is 3. The molecule has 2 fully saturated rings. The Bertz CT molecular complexity index is 413. The Labute approximate surface area is 98.6 Å². The van der Waals surface area contributed by atoms with E-state index in [4.69, 9.17) is 5.73 Å². The maximum absolute atomic E-state index is 12.1. The number of imide groups is 1. The van der Waals surface area contributed by atoms with Gasteiger partial charge in [-0.15, -0.1) is 0 Å². The fraction of sp³-hybridized carbons (Fsp3) is 0.583. The van der Waals surface area contributed by atoms with Crippen molar-refractivity contribution < 1.29 is 14.4 Å². The molecule has 2 aliphatic carbocycles. The third kappa shape index (κ3) is 1.34. The van der Waals surface area contributed by atoms with Crippen molar-refractivity contribution >= 4 is 17.7 Å². The van der Waals surface area contributed by atoms with E-state index in [1.165, 1.54) is 4.90 Å². The van der Waals surface area contributed by atoms with E-state index in [1.54, 1.807) is 0 Å². The molecule has 0 aromatic heterocycles. The molecule has 5 nitrogen and oxygen atoms in total. The molecule has 0 radical (unpaired) electrons. The van der Waals surface area contributed by atoms with Crippen molar-refractivity contribution in [2.45, 2.75) is 12.8 Å². The molecular formula is C12H14N2O3. The smallest absolute Gasteiger partial charge is 0.233 e. The van der Waals surface area contributed by atoms with E-state index in [0.717, 1.165) is 6.42 Å². The van der Waals surface area contributed by atoms with Crippen LogP contribution >= 0.6 is 0 Å². The van der Waals surface area contributed by atoms with Crippen LogP contribution in [0.3, 0.4) is 0 Å².